The van der Waals surface area contributed by atoms with Crippen LogP contribution in [0.5, 0.6) is 0 Å². The first kappa shape index (κ1) is 18.1. The van der Waals surface area contributed by atoms with Crippen molar-refractivity contribution >= 4 is 31.0 Å². The number of hydrogen-bond acceptors (Lipinski definition) is 1. The number of halogens is 2. The molecule has 0 bridgehead atoms. The number of rotatable bonds is 1. The maximum absolute atomic E-state index is 4.83. The number of hydrogen-bond donors (Lipinski definition) is 0. The molecule has 0 atom stereocenters. The van der Waals surface area contributed by atoms with Crippen molar-refractivity contribution in [1.29, 1.82) is 0 Å². The molecule has 4 heteroatoms. The van der Waals surface area contributed by atoms with E-state index in [1.807, 2.05) is 12.3 Å². The molecule has 2 aromatic rings. The third kappa shape index (κ3) is 3.46. The summed E-state index contributed by atoms with van der Waals surface area (Å²) in [6.45, 7) is 8.85. The van der Waals surface area contributed by atoms with Crippen molar-refractivity contribution in [3.63, 3.8) is 0 Å². The Morgan fingerprint density at radius 1 is 0.818 bits per heavy atom. The Morgan fingerprint density at radius 2 is 1.36 bits per heavy atom. The number of fused-ring (bicyclic) bond motifs is 1. The molecule has 1 aromatic carbocycles. The van der Waals surface area contributed by atoms with E-state index in [0.29, 0.717) is 0 Å². The fourth-order valence-corrected chi connectivity index (χ4v) is 2.93. The molecule has 1 saturated carbocycles. The molecule has 1 fully saturated rings. The van der Waals surface area contributed by atoms with Crippen LogP contribution in [0.25, 0.3) is 10.9 Å². The van der Waals surface area contributed by atoms with Crippen LogP contribution in [0, 0.1) is 29.6 Å². The average molecular weight is 371 g/mol. The van der Waals surface area contributed by atoms with E-state index in [2.05, 4.69) is 56.9 Å². The number of pyridine rings is 1. The minimum atomic E-state index is -0.181. The van der Waals surface area contributed by atoms with Gasteiger partial charge in [-0.05, 0) is 35.3 Å². The number of benzene rings is 1. The summed E-state index contributed by atoms with van der Waals surface area (Å²) in [5.41, 5.74) is 2.35. The van der Waals surface area contributed by atoms with Crippen molar-refractivity contribution in [2.75, 3.05) is 0 Å². The monoisotopic (exact) mass is 370 g/mol. The van der Waals surface area contributed by atoms with E-state index in [-0.39, 0.29) is 13.4 Å². The molecule has 1 aliphatic carbocycles. The molecule has 22 heavy (non-hydrogen) atoms. The van der Waals surface area contributed by atoms with Crippen molar-refractivity contribution in [2.24, 2.45) is 0 Å². The predicted molar refractivity (Wildman–Crippen MR) is 91.5 cm³/mol. The van der Waals surface area contributed by atoms with Crippen molar-refractivity contribution < 1.29 is 13.4 Å². The molecule has 0 spiro atoms. The molecular weight excluding hydrogens is 353 g/mol. The Bertz CT molecular complexity index is 600. The molecule has 114 valence electrons. The van der Waals surface area contributed by atoms with Crippen LogP contribution >= 0.6 is 20.1 Å². The molecular formula is C18H18Cl2CrN+. The van der Waals surface area contributed by atoms with Crippen LogP contribution in [0.3, 0.4) is 0 Å². The molecule has 0 saturated heterocycles. The molecule has 1 aromatic heterocycles. The zero-order valence-electron chi connectivity index (χ0n) is 13.1. The van der Waals surface area contributed by atoms with E-state index in [1.165, 1.54) is 40.5 Å². The summed E-state index contributed by atoms with van der Waals surface area (Å²) in [6.07, 6.45) is 1.87. The van der Waals surface area contributed by atoms with Gasteiger partial charge >= 0.3 is 33.5 Å². The first-order valence-electron chi connectivity index (χ1n) is 6.99. The van der Waals surface area contributed by atoms with Crippen LogP contribution in [-0.4, -0.2) is 4.98 Å². The molecule has 0 unspecified atom stereocenters. The first-order chi connectivity index (χ1) is 10.5. The van der Waals surface area contributed by atoms with Gasteiger partial charge in [0.05, 0.1) is 5.52 Å². The Morgan fingerprint density at radius 3 is 1.95 bits per heavy atom. The zero-order valence-corrected chi connectivity index (χ0v) is 15.9. The Labute approximate surface area is 148 Å². The normalized spacial score (nSPS) is 18.5. The topological polar surface area (TPSA) is 12.9 Å². The molecule has 0 N–H and O–H groups in total. The van der Waals surface area contributed by atoms with Crippen molar-refractivity contribution in [3.05, 3.63) is 71.7 Å². The summed E-state index contributed by atoms with van der Waals surface area (Å²) in [5, 5.41) is 1.20. The van der Waals surface area contributed by atoms with Gasteiger partial charge in [-0.2, -0.15) is 0 Å². The second-order valence-corrected chi connectivity index (χ2v) is 7.42. The van der Waals surface area contributed by atoms with Gasteiger partial charge in [0.2, 0.25) is 0 Å². The molecule has 0 amide bonds. The Balaban J connectivity index is 0.000000545. The third-order valence-electron chi connectivity index (χ3n) is 4.34. The first-order valence-corrected chi connectivity index (χ1v) is 10.5. The second kappa shape index (κ2) is 8.02. The van der Waals surface area contributed by atoms with Gasteiger partial charge in [0, 0.05) is 17.5 Å². The summed E-state index contributed by atoms with van der Waals surface area (Å²) >= 11 is -0.181. The van der Waals surface area contributed by atoms with Gasteiger partial charge < -0.3 is 0 Å². The van der Waals surface area contributed by atoms with Gasteiger partial charge in [-0.3, -0.25) is 4.98 Å². The summed E-state index contributed by atoms with van der Waals surface area (Å²) in [7, 11) is 9.65. The molecule has 3 rings (SSSR count). The summed E-state index contributed by atoms with van der Waals surface area (Å²) in [6, 6.07) is 10.5. The van der Waals surface area contributed by atoms with Crippen LogP contribution in [0.2, 0.25) is 0 Å². The van der Waals surface area contributed by atoms with E-state index < -0.39 is 0 Å². The van der Waals surface area contributed by atoms with Gasteiger partial charge in [-0.15, -0.1) is 0 Å². The van der Waals surface area contributed by atoms with Gasteiger partial charge in [0.15, 0.2) is 0 Å². The quantitative estimate of drug-likeness (QED) is 0.606. The number of para-hydroxylation sites is 1. The summed E-state index contributed by atoms with van der Waals surface area (Å²) < 4.78 is 0. The number of aromatic nitrogens is 1. The molecule has 1 aliphatic rings. The van der Waals surface area contributed by atoms with E-state index >= 15 is 0 Å². The molecule has 1 heterocycles. The predicted octanol–water partition coefficient (Wildman–Crippen LogP) is 5.93. The minimum absolute atomic E-state index is 0.181. The van der Waals surface area contributed by atoms with Crippen LogP contribution in [0.1, 0.15) is 33.3 Å². The standard InChI is InChI=1S/C18H18N.2ClH.Cr/c1-11-12(2)14(4)17(13(11)3)16-9-5-7-15-8-6-10-19-18(15)16;;;/h5-10H,1-4H3;2*1H;/q;;;+3/p-2. The number of nitrogens with zero attached hydrogens (tertiary/aromatic N) is 1. The molecule has 0 aliphatic heterocycles. The van der Waals surface area contributed by atoms with Gasteiger partial charge in [-0.1, -0.05) is 52.0 Å². The van der Waals surface area contributed by atoms with Crippen LogP contribution < -0.4 is 0 Å². The van der Waals surface area contributed by atoms with Gasteiger partial charge in [0.25, 0.3) is 0 Å². The third-order valence-corrected chi connectivity index (χ3v) is 4.34. The van der Waals surface area contributed by atoms with Gasteiger partial charge in [0.1, 0.15) is 0 Å². The SMILES string of the molecule is C[C]1[C](C)[C](C)[C](c2cccc3cccnc23)[C]1C.[Cl][Cr+][Cl]. The maximum atomic E-state index is 4.83. The van der Waals surface area contributed by atoms with E-state index in [4.69, 9.17) is 20.1 Å². The van der Waals surface area contributed by atoms with Crippen molar-refractivity contribution in [3.8, 4) is 0 Å². The summed E-state index contributed by atoms with van der Waals surface area (Å²) in [4.78, 5) is 4.58. The van der Waals surface area contributed by atoms with E-state index in [1.54, 1.807) is 0 Å². The second-order valence-electron chi connectivity index (χ2n) is 5.31. The van der Waals surface area contributed by atoms with Gasteiger partial charge in [-0.25, -0.2) is 0 Å². The zero-order chi connectivity index (χ0) is 16.3. The fourth-order valence-electron chi connectivity index (χ4n) is 2.93. The van der Waals surface area contributed by atoms with Crippen LogP contribution in [0.4, 0.5) is 0 Å². The Kier molecular flexibility index (Phi) is 6.60. The van der Waals surface area contributed by atoms with Crippen LogP contribution in [0.15, 0.2) is 36.5 Å². The van der Waals surface area contributed by atoms with E-state index in [0.717, 1.165) is 5.52 Å². The van der Waals surface area contributed by atoms with Crippen molar-refractivity contribution in [1.82, 2.24) is 4.98 Å². The molecule has 1 nitrogen and oxygen atoms in total. The molecule has 5 radical (unpaired) electrons. The Hall–Kier alpha value is -0.258. The van der Waals surface area contributed by atoms with E-state index in [9.17, 15) is 0 Å². The average Bonchev–Trinajstić information content (AvgIpc) is 2.71. The van der Waals surface area contributed by atoms with Crippen LogP contribution in [-0.2, 0) is 13.4 Å². The fraction of sp³-hybridized carbons (Fsp3) is 0.222. The summed E-state index contributed by atoms with van der Waals surface area (Å²) in [5.74, 6) is 6.93. The van der Waals surface area contributed by atoms with Crippen molar-refractivity contribution in [2.45, 2.75) is 27.7 Å².